The molecule has 1 aliphatic heterocycles. The van der Waals surface area contributed by atoms with E-state index in [9.17, 15) is 4.79 Å². The van der Waals surface area contributed by atoms with Crippen LogP contribution in [0, 0.1) is 18.3 Å². The number of nitrogens with one attached hydrogen (secondary N) is 1. The molecular weight excluding hydrogens is 516 g/mol. The lowest BCUT2D eigenvalue weighted by molar-refractivity contribution is -0.131. The third-order valence-electron chi connectivity index (χ3n) is 8.38. The molecule has 222 valence electrons. The number of carbonyl (C=O) groups is 1. The van der Waals surface area contributed by atoms with Crippen molar-refractivity contribution in [3.05, 3.63) is 108 Å². The van der Waals surface area contributed by atoms with E-state index in [2.05, 4.69) is 102 Å². The Kier molecular flexibility index (Phi) is 12.2. The first-order valence-electron chi connectivity index (χ1n) is 15.4. The first-order chi connectivity index (χ1) is 20.4. The molecule has 1 N–H and O–H groups in total. The van der Waals surface area contributed by atoms with Gasteiger partial charge in [-0.1, -0.05) is 104 Å². The van der Waals surface area contributed by atoms with Crippen LogP contribution in [0.15, 0.2) is 91.0 Å². The number of nitrogens with zero attached hydrogens (tertiary/aromatic N) is 3. The molecule has 3 fully saturated rings. The van der Waals surface area contributed by atoms with Crippen LogP contribution in [0.2, 0.25) is 0 Å². The number of amides is 1. The van der Waals surface area contributed by atoms with Crippen molar-refractivity contribution in [2.24, 2.45) is 5.92 Å². The Labute approximate surface area is 253 Å². The monoisotopic (exact) mass is 564 g/mol. The Balaban J connectivity index is 0.000000157. The molecule has 5 nitrogen and oxygen atoms in total. The van der Waals surface area contributed by atoms with E-state index in [1.165, 1.54) is 23.1 Å². The van der Waals surface area contributed by atoms with Gasteiger partial charge in [-0.05, 0) is 55.5 Å². The Morgan fingerprint density at radius 3 is 1.90 bits per heavy atom. The smallest absolute Gasteiger partial charge is 0.236 e. The van der Waals surface area contributed by atoms with Crippen molar-refractivity contribution >= 4 is 5.91 Å². The predicted molar refractivity (Wildman–Crippen MR) is 174 cm³/mol. The van der Waals surface area contributed by atoms with Gasteiger partial charge in [0.2, 0.25) is 5.91 Å². The van der Waals surface area contributed by atoms with E-state index in [4.69, 9.17) is 6.42 Å². The average molecular weight is 565 g/mol. The molecule has 4 atom stereocenters. The van der Waals surface area contributed by atoms with Gasteiger partial charge >= 0.3 is 0 Å². The second-order valence-electron chi connectivity index (χ2n) is 12.0. The van der Waals surface area contributed by atoms with Crippen LogP contribution in [-0.2, 0) is 11.3 Å². The predicted octanol–water partition coefficient (Wildman–Crippen LogP) is 5.47. The number of carbonyl (C=O) groups excluding carboxylic acids is 1. The van der Waals surface area contributed by atoms with Crippen LogP contribution in [-0.4, -0.2) is 80.0 Å². The minimum atomic E-state index is 0.247. The maximum atomic E-state index is 12.1. The molecular formula is C37H48N4O. The number of hydrogen-bond donors (Lipinski definition) is 1. The summed E-state index contributed by atoms with van der Waals surface area (Å²) in [6.07, 6.45) is 7.74. The quantitative estimate of drug-likeness (QED) is 0.369. The van der Waals surface area contributed by atoms with Crippen molar-refractivity contribution in [2.75, 3.05) is 53.4 Å². The summed E-state index contributed by atoms with van der Waals surface area (Å²) in [5.41, 5.74) is 4.21. The molecule has 2 saturated carbocycles. The molecule has 1 saturated heterocycles. The Morgan fingerprint density at radius 1 is 0.857 bits per heavy atom. The van der Waals surface area contributed by atoms with Gasteiger partial charge in [0.1, 0.15) is 0 Å². The summed E-state index contributed by atoms with van der Waals surface area (Å²) in [4.78, 5) is 18.5. The Bertz CT molecular complexity index is 1240. The van der Waals surface area contributed by atoms with Crippen LogP contribution in [0.25, 0.3) is 0 Å². The molecule has 0 radical (unpaired) electrons. The fourth-order valence-corrected chi connectivity index (χ4v) is 5.47. The molecule has 0 bridgehead atoms. The van der Waals surface area contributed by atoms with E-state index < -0.39 is 0 Å². The second kappa shape index (κ2) is 16.3. The van der Waals surface area contributed by atoms with E-state index in [0.29, 0.717) is 25.0 Å². The van der Waals surface area contributed by atoms with Crippen molar-refractivity contribution in [1.29, 1.82) is 0 Å². The second-order valence-corrected chi connectivity index (χ2v) is 12.0. The van der Waals surface area contributed by atoms with Crippen molar-refractivity contribution in [3.8, 4) is 12.3 Å². The summed E-state index contributed by atoms with van der Waals surface area (Å²) >= 11 is 0. The summed E-state index contributed by atoms with van der Waals surface area (Å²) in [6, 6.07) is 32.1. The number of hydrogen-bond acceptors (Lipinski definition) is 4. The SMILES string of the molecule is C#CCN(C)Cc1ccccc1.CN1CCN(C(=O)CN[C@H]2C[C@@H]2c2ccccc2)CC1.C[C@@H]1C[C@H]1c1ccccc1. The molecule has 3 aromatic rings. The minimum Gasteiger partial charge on any atom is -0.339 e. The number of piperazine rings is 1. The summed E-state index contributed by atoms with van der Waals surface area (Å²) in [5.74, 6) is 5.26. The van der Waals surface area contributed by atoms with Crippen LogP contribution in [0.3, 0.4) is 0 Å². The van der Waals surface area contributed by atoms with Crippen LogP contribution < -0.4 is 5.32 Å². The highest BCUT2D eigenvalue weighted by Gasteiger charge is 2.38. The van der Waals surface area contributed by atoms with Crippen molar-refractivity contribution in [3.63, 3.8) is 0 Å². The number of terminal acetylenes is 1. The zero-order valence-electron chi connectivity index (χ0n) is 25.7. The van der Waals surface area contributed by atoms with Gasteiger partial charge in [-0.25, -0.2) is 0 Å². The summed E-state index contributed by atoms with van der Waals surface area (Å²) in [6.45, 7) is 8.13. The number of likely N-dealkylation sites (N-methyl/N-ethyl adjacent to an activating group) is 1. The van der Waals surface area contributed by atoms with Gasteiger partial charge in [-0.2, -0.15) is 0 Å². The Hall–Kier alpha value is -3.43. The van der Waals surface area contributed by atoms with Crippen LogP contribution in [0.4, 0.5) is 0 Å². The van der Waals surface area contributed by atoms with Gasteiger partial charge in [0, 0.05) is 44.7 Å². The highest BCUT2D eigenvalue weighted by atomic mass is 16.2. The molecule has 42 heavy (non-hydrogen) atoms. The molecule has 0 spiro atoms. The first kappa shape index (κ1) is 31.5. The fraction of sp³-hybridized carbons (Fsp3) is 0.432. The maximum absolute atomic E-state index is 12.1. The molecule has 5 heteroatoms. The van der Waals surface area contributed by atoms with Crippen LogP contribution in [0.5, 0.6) is 0 Å². The third kappa shape index (κ3) is 10.4. The highest BCUT2D eigenvalue weighted by Crippen LogP contribution is 2.46. The van der Waals surface area contributed by atoms with E-state index >= 15 is 0 Å². The number of rotatable bonds is 8. The maximum Gasteiger partial charge on any atom is 0.236 e. The van der Waals surface area contributed by atoms with Crippen molar-refractivity contribution in [1.82, 2.24) is 20.0 Å². The minimum absolute atomic E-state index is 0.247. The van der Waals surface area contributed by atoms with Crippen molar-refractivity contribution < 1.29 is 4.79 Å². The average Bonchev–Trinajstić information content (AvgIpc) is 3.95. The van der Waals surface area contributed by atoms with E-state index in [1.807, 2.05) is 36.2 Å². The van der Waals surface area contributed by atoms with Crippen molar-refractivity contribution in [2.45, 2.75) is 44.2 Å². The molecule has 3 aliphatic rings. The van der Waals surface area contributed by atoms with Gasteiger partial charge < -0.3 is 15.1 Å². The molecule has 6 rings (SSSR count). The lowest BCUT2D eigenvalue weighted by Crippen LogP contribution is -2.49. The zero-order chi connectivity index (χ0) is 29.7. The van der Waals surface area contributed by atoms with Gasteiger partial charge in [-0.15, -0.1) is 6.42 Å². The highest BCUT2D eigenvalue weighted by molar-refractivity contribution is 5.78. The van der Waals surface area contributed by atoms with Crippen LogP contribution >= 0.6 is 0 Å². The standard InChI is InChI=1S/C16H23N3O.C11H13N.C10H12/c1-18-7-9-19(10-8-18)16(20)12-17-15-11-14(15)13-5-3-2-4-6-13;1-3-9-12(2)10-11-7-5-4-6-8-11;1-8-7-10(8)9-5-3-2-4-6-9/h2-6,14-15,17H,7-12H2,1H3;1,4-8H,9-10H2,2H3;2-6,8,10H,7H2,1H3/t14-,15+;;8-,10-/m1.1/s1. The number of benzene rings is 3. The molecule has 3 aromatic carbocycles. The lowest BCUT2D eigenvalue weighted by atomic mass is 10.1. The summed E-state index contributed by atoms with van der Waals surface area (Å²) in [7, 11) is 4.13. The molecule has 1 amide bonds. The van der Waals surface area contributed by atoms with Crippen LogP contribution in [0.1, 0.15) is 48.3 Å². The van der Waals surface area contributed by atoms with E-state index in [1.54, 1.807) is 0 Å². The summed E-state index contributed by atoms with van der Waals surface area (Å²) < 4.78 is 0. The van der Waals surface area contributed by atoms with E-state index in [0.717, 1.165) is 51.0 Å². The van der Waals surface area contributed by atoms with Gasteiger partial charge in [0.05, 0.1) is 13.1 Å². The molecule has 2 aliphatic carbocycles. The van der Waals surface area contributed by atoms with Gasteiger partial charge in [-0.3, -0.25) is 9.69 Å². The first-order valence-corrected chi connectivity index (χ1v) is 15.4. The lowest BCUT2D eigenvalue weighted by Gasteiger charge is -2.32. The topological polar surface area (TPSA) is 38.8 Å². The molecule has 0 aromatic heterocycles. The Morgan fingerprint density at radius 2 is 1.38 bits per heavy atom. The van der Waals surface area contributed by atoms with E-state index in [-0.39, 0.29) is 5.91 Å². The molecule has 0 unspecified atom stereocenters. The molecule has 1 heterocycles. The summed E-state index contributed by atoms with van der Waals surface area (Å²) in [5, 5.41) is 3.41. The largest absolute Gasteiger partial charge is 0.339 e. The zero-order valence-corrected chi connectivity index (χ0v) is 25.7. The normalized spacial score (nSPS) is 22.6. The van der Waals surface area contributed by atoms with Gasteiger partial charge in [0.15, 0.2) is 0 Å². The van der Waals surface area contributed by atoms with Gasteiger partial charge in [0.25, 0.3) is 0 Å². The fourth-order valence-electron chi connectivity index (χ4n) is 5.47. The third-order valence-corrected chi connectivity index (χ3v) is 8.38.